The zero-order chi connectivity index (χ0) is 12.5. The molecule has 1 aromatic rings. The minimum atomic E-state index is 0.680. The third-order valence-corrected chi connectivity index (χ3v) is 2.92. The number of benzene rings is 1. The lowest BCUT2D eigenvalue weighted by Gasteiger charge is -2.13. The molecule has 0 spiro atoms. The van der Waals surface area contributed by atoms with Crippen molar-refractivity contribution in [1.29, 1.82) is 0 Å². The number of nitrogens with one attached hydrogen (secondary N) is 1. The van der Waals surface area contributed by atoms with Gasteiger partial charge in [0.1, 0.15) is 5.75 Å². The Morgan fingerprint density at radius 1 is 1.29 bits per heavy atom. The summed E-state index contributed by atoms with van der Waals surface area (Å²) in [4.78, 5) is 0. The summed E-state index contributed by atoms with van der Waals surface area (Å²) in [6, 6.07) is 6.08. The van der Waals surface area contributed by atoms with Crippen LogP contribution in [0.3, 0.4) is 0 Å². The maximum absolute atomic E-state index is 5.80. The lowest BCUT2D eigenvalue weighted by atomic mass is 10.2. The molecule has 0 saturated heterocycles. The minimum Gasteiger partial charge on any atom is -0.492 e. The molecule has 1 aromatic carbocycles. The van der Waals surface area contributed by atoms with Gasteiger partial charge in [0.25, 0.3) is 0 Å². The molecule has 1 rings (SSSR count). The van der Waals surface area contributed by atoms with Crippen molar-refractivity contribution in [2.24, 2.45) is 0 Å². The summed E-state index contributed by atoms with van der Waals surface area (Å²) in [5.41, 5.74) is 1.17. The predicted molar refractivity (Wildman–Crippen MR) is 73.5 cm³/mol. The Labute approximate surface area is 112 Å². The normalized spacial score (nSPS) is 10.5. The molecule has 0 unspecified atom stereocenters. The lowest BCUT2D eigenvalue weighted by Crippen LogP contribution is -2.09. The summed E-state index contributed by atoms with van der Waals surface area (Å²) < 4.78 is 12.1. The summed E-state index contributed by atoms with van der Waals surface area (Å²) in [6.45, 7) is 5.00. The molecule has 0 atom stereocenters. The van der Waals surface area contributed by atoms with E-state index in [1.807, 2.05) is 26.1 Å². The van der Waals surface area contributed by atoms with Gasteiger partial charge >= 0.3 is 0 Å². The Kier molecular flexibility index (Phi) is 7.24. The predicted octanol–water partition coefficient (Wildman–Crippen LogP) is 2.97. The summed E-state index contributed by atoms with van der Waals surface area (Å²) in [7, 11) is 1.93. The van der Waals surface area contributed by atoms with Gasteiger partial charge in [-0.15, -0.1) is 0 Å². The highest BCUT2D eigenvalue weighted by atomic mass is 79.9. The lowest BCUT2D eigenvalue weighted by molar-refractivity contribution is 0.130. The van der Waals surface area contributed by atoms with Gasteiger partial charge in [-0.2, -0.15) is 0 Å². The fourth-order valence-electron chi connectivity index (χ4n) is 1.52. The van der Waals surface area contributed by atoms with Crippen LogP contribution in [0.5, 0.6) is 5.75 Å². The second kappa shape index (κ2) is 8.50. The highest BCUT2D eigenvalue weighted by Crippen LogP contribution is 2.29. The molecule has 0 aliphatic heterocycles. The highest BCUT2D eigenvalue weighted by Gasteiger charge is 2.06. The second-order valence-electron chi connectivity index (χ2n) is 3.66. The van der Waals surface area contributed by atoms with E-state index in [2.05, 4.69) is 27.3 Å². The molecule has 0 aliphatic carbocycles. The van der Waals surface area contributed by atoms with Gasteiger partial charge in [0.15, 0.2) is 0 Å². The van der Waals surface area contributed by atoms with Crippen LogP contribution in [-0.4, -0.2) is 26.9 Å². The fourth-order valence-corrected chi connectivity index (χ4v) is 2.05. The SMILES string of the molecule is CCOCCCOc1c(Br)cccc1CNC. The Morgan fingerprint density at radius 3 is 2.82 bits per heavy atom. The Bertz CT molecular complexity index is 331. The summed E-state index contributed by atoms with van der Waals surface area (Å²) >= 11 is 3.52. The van der Waals surface area contributed by atoms with Crippen LogP contribution in [0.2, 0.25) is 0 Å². The first-order chi connectivity index (χ1) is 8.29. The third-order valence-electron chi connectivity index (χ3n) is 2.30. The van der Waals surface area contributed by atoms with Gasteiger partial charge in [0, 0.05) is 31.7 Å². The van der Waals surface area contributed by atoms with E-state index in [1.165, 1.54) is 5.56 Å². The van der Waals surface area contributed by atoms with E-state index in [1.54, 1.807) is 0 Å². The first kappa shape index (κ1) is 14.5. The molecule has 0 radical (unpaired) electrons. The maximum Gasteiger partial charge on any atom is 0.137 e. The smallest absolute Gasteiger partial charge is 0.137 e. The van der Waals surface area contributed by atoms with Crippen LogP contribution >= 0.6 is 15.9 Å². The van der Waals surface area contributed by atoms with Crippen molar-refractivity contribution in [1.82, 2.24) is 5.32 Å². The van der Waals surface area contributed by atoms with Crippen molar-refractivity contribution >= 4 is 15.9 Å². The molecular weight excluding hydrogens is 282 g/mol. The van der Waals surface area contributed by atoms with Crippen molar-refractivity contribution in [3.05, 3.63) is 28.2 Å². The zero-order valence-corrected chi connectivity index (χ0v) is 12.0. The number of hydrogen-bond acceptors (Lipinski definition) is 3. The molecule has 0 heterocycles. The minimum absolute atomic E-state index is 0.680. The van der Waals surface area contributed by atoms with Crippen LogP contribution in [0, 0.1) is 0 Å². The average Bonchev–Trinajstić information content (AvgIpc) is 2.32. The topological polar surface area (TPSA) is 30.5 Å². The van der Waals surface area contributed by atoms with Gasteiger partial charge < -0.3 is 14.8 Å². The van der Waals surface area contributed by atoms with Crippen molar-refractivity contribution in [3.8, 4) is 5.75 Å². The quantitative estimate of drug-likeness (QED) is 0.749. The summed E-state index contributed by atoms with van der Waals surface area (Å²) in [6.07, 6.45) is 0.911. The van der Waals surface area contributed by atoms with E-state index in [0.29, 0.717) is 6.61 Å². The van der Waals surface area contributed by atoms with Crippen LogP contribution in [0.25, 0.3) is 0 Å². The first-order valence-electron chi connectivity index (χ1n) is 5.92. The van der Waals surface area contributed by atoms with Gasteiger partial charge in [0.2, 0.25) is 0 Å². The molecule has 3 nitrogen and oxygen atoms in total. The van der Waals surface area contributed by atoms with Crippen molar-refractivity contribution in [3.63, 3.8) is 0 Å². The summed E-state index contributed by atoms with van der Waals surface area (Å²) in [5, 5.41) is 3.14. The Hall–Kier alpha value is -0.580. The molecule has 0 aliphatic rings. The molecule has 0 bridgehead atoms. The van der Waals surface area contributed by atoms with Gasteiger partial charge in [-0.3, -0.25) is 0 Å². The third kappa shape index (κ3) is 5.06. The van der Waals surface area contributed by atoms with Gasteiger partial charge in [0.05, 0.1) is 11.1 Å². The summed E-state index contributed by atoms with van der Waals surface area (Å²) in [5.74, 6) is 0.929. The second-order valence-corrected chi connectivity index (χ2v) is 4.51. The van der Waals surface area contributed by atoms with Gasteiger partial charge in [-0.1, -0.05) is 12.1 Å². The molecule has 1 N–H and O–H groups in total. The Morgan fingerprint density at radius 2 is 2.12 bits per heavy atom. The van der Waals surface area contributed by atoms with E-state index < -0.39 is 0 Å². The van der Waals surface area contributed by atoms with Crippen molar-refractivity contribution in [2.45, 2.75) is 19.9 Å². The average molecular weight is 302 g/mol. The number of halogens is 1. The van der Waals surface area contributed by atoms with E-state index in [0.717, 1.165) is 36.4 Å². The van der Waals surface area contributed by atoms with Crippen molar-refractivity contribution < 1.29 is 9.47 Å². The van der Waals surface area contributed by atoms with Crippen LogP contribution in [0.1, 0.15) is 18.9 Å². The Balaban J connectivity index is 2.50. The van der Waals surface area contributed by atoms with Crippen LogP contribution in [0.4, 0.5) is 0 Å². The molecule has 0 saturated carbocycles. The molecule has 0 aromatic heterocycles. The van der Waals surface area contributed by atoms with Crippen LogP contribution < -0.4 is 10.1 Å². The highest BCUT2D eigenvalue weighted by molar-refractivity contribution is 9.10. The van der Waals surface area contributed by atoms with E-state index >= 15 is 0 Å². The van der Waals surface area contributed by atoms with E-state index in [9.17, 15) is 0 Å². The zero-order valence-electron chi connectivity index (χ0n) is 10.5. The van der Waals surface area contributed by atoms with Crippen LogP contribution in [-0.2, 0) is 11.3 Å². The first-order valence-corrected chi connectivity index (χ1v) is 6.71. The molecule has 4 heteroatoms. The fraction of sp³-hybridized carbons (Fsp3) is 0.538. The molecule has 0 fully saturated rings. The molecule has 17 heavy (non-hydrogen) atoms. The maximum atomic E-state index is 5.80. The van der Waals surface area contributed by atoms with E-state index in [-0.39, 0.29) is 0 Å². The standard InChI is InChI=1S/C13H20BrNO2/c1-3-16-8-5-9-17-13-11(10-15-2)6-4-7-12(13)14/h4,6-7,15H,3,5,8-10H2,1-2H3. The molecular formula is C13H20BrNO2. The number of para-hydroxylation sites is 1. The molecule has 96 valence electrons. The number of hydrogen-bond donors (Lipinski definition) is 1. The monoisotopic (exact) mass is 301 g/mol. The molecule has 0 amide bonds. The van der Waals surface area contributed by atoms with Gasteiger partial charge in [-0.25, -0.2) is 0 Å². The number of ether oxygens (including phenoxy) is 2. The van der Waals surface area contributed by atoms with Gasteiger partial charge in [-0.05, 0) is 36.0 Å². The van der Waals surface area contributed by atoms with E-state index in [4.69, 9.17) is 9.47 Å². The van der Waals surface area contributed by atoms with Crippen LogP contribution in [0.15, 0.2) is 22.7 Å². The van der Waals surface area contributed by atoms with Crippen molar-refractivity contribution in [2.75, 3.05) is 26.9 Å². The largest absolute Gasteiger partial charge is 0.492 e. The number of rotatable bonds is 8.